The van der Waals surface area contributed by atoms with E-state index in [0.29, 0.717) is 5.41 Å². The Bertz CT molecular complexity index is 369. The van der Waals surface area contributed by atoms with Crippen LogP contribution in [0.4, 0.5) is 0 Å². The van der Waals surface area contributed by atoms with Gasteiger partial charge in [-0.15, -0.1) is 0 Å². The van der Waals surface area contributed by atoms with Gasteiger partial charge in [0.2, 0.25) is 0 Å². The second-order valence-electron chi connectivity index (χ2n) is 7.01. The van der Waals surface area contributed by atoms with E-state index in [2.05, 4.69) is 56.5 Å². The van der Waals surface area contributed by atoms with E-state index in [4.69, 9.17) is 0 Å². The standard InChI is InChI=1S/C18H29N/c1-18(2)12-11-17(14-19-3)16(13-18)10-9-15-7-5-4-6-8-15/h4-8,16-17,19H,9-14H2,1-3H3. The van der Waals surface area contributed by atoms with E-state index >= 15 is 0 Å². The number of hydrogen-bond donors (Lipinski definition) is 1. The molecule has 2 rings (SSSR count). The summed E-state index contributed by atoms with van der Waals surface area (Å²) in [6, 6.07) is 11.0. The maximum Gasteiger partial charge on any atom is -0.00209 e. The van der Waals surface area contributed by atoms with Crippen molar-refractivity contribution in [2.75, 3.05) is 13.6 Å². The molecule has 2 unspecified atom stereocenters. The summed E-state index contributed by atoms with van der Waals surface area (Å²) in [5.74, 6) is 1.76. The zero-order valence-electron chi connectivity index (χ0n) is 12.8. The largest absolute Gasteiger partial charge is 0.319 e. The average molecular weight is 259 g/mol. The number of rotatable bonds is 5. The van der Waals surface area contributed by atoms with Gasteiger partial charge in [0.15, 0.2) is 0 Å². The molecule has 0 spiro atoms. The molecular weight excluding hydrogens is 230 g/mol. The van der Waals surface area contributed by atoms with Crippen molar-refractivity contribution >= 4 is 0 Å². The Balaban J connectivity index is 1.94. The Kier molecular flexibility index (Phi) is 5.04. The number of benzene rings is 1. The smallest absolute Gasteiger partial charge is 0.00209 e. The minimum atomic E-state index is 0.547. The van der Waals surface area contributed by atoms with Gasteiger partial charge >= 0.3 is 0 Å². The molecule has 1 heteroatoms. The second kappa shape index (κ2) is 6.56. The van der Waals surface area contributed by atoms with Crippen molar-refractivity contribution in [1.29, 1.82) is 0 Å². The first-order chi connectivity index (χ1) is 9.11. The molecule has 1 aromatic rings. The van der Waals surface area contributed by atoms with Crippen molar-refractivity contribution in [2.24, 2.45) is 17.3 Å². The summed E-state index contributed by atoms with van der Waals surface area (Å²) >= 11 is 0. The zero-order valence-corrected chi connectivity index (χ0v) is 12.8. The van der Waals surface area contributed by atoms with Gasteiger partial charge in [0.1, 0.15) is 0 Å². The maximum absolute atomic E-state index is 3.39. The minimum Gasteiger partial charge on any atom is -0.319 e. The molecule has 0 aromatic heterocycles. The summed E-state index contributed by atoms with van der Waals surface area (Å²) in [6.07, 6.45) is 6.77. The third-order valence-corrected chi connectivity index (χ3v) is 4.79. The molecule has 0 bridgehead atoms. The van der Waals surface area contributed by atoms with Crippen molar-refractivity contribution < 1.29 is 0 Å². The van der Waals surface area contributed by atoms with Gasteiger partial charge in [-0.1, -0.05) is 44.2 Å². The molecule has 1 N–H and O–H groups in total. The fourth-order valence-corrected chi connectivity index (χ4v) is 3.66. The first-order valence-electron chi connectivity index (χ1n) is 7.79. The monoisotopic (exact) mass is 259 g/mol. The van der Waals surface area contributed by atoms with Crippen molar-refractivity contribution in [1.82, 2.24) is 5.32 Å². The molecular formula is C18H29N. The highest BCUT2D eigenvalue weighted by molar-refractivity contribution is 5.14. The fourth-order valence-electron chi connectivity index (χ4n) is 3.66. The maximum atomic E-state index is 3.39. The van der Waals surface area contributed by atoms with Crippen LogP contribution in [0.1, 0.15) is 45.1 Å². The molecule has 0 saturated heterocycles. The molecule has 0 amide bonds. The van der Waals surface area contributed by atoms with Crippen molar-refractivity contribution in [3.8, 4) is 0 Å². The summed E-state index contributed by atoms with van der Waals surface area (Å²) in [5.41, 5.74) is 2.04. The van der Waals surface area contributed by atoms with E-state index in [-0.39, 0.29) is 0 Å². The van der Waals surface area contributed by atoms with Gasteiger partial charge in [-0.05, 0) is 68.5 Å². The lowest BCUT2D eigenvalue weighted by Gasteiger charge is -2.41. The Morgan fingerprint density at radius 2 is 1.89 bits per heavy atom. The van der Waals surface area contributed by atoms with Crippen LogP contribution in [-0.2, 0) is 6.42 Å². The van der Waals surface area contributed by atoms with E-state index in [1.807, 2.05) is 0 Å². The molecule has 0 radical (unpaired) electrons. The third-order valence-electron chi connectivity index (χ3n) is 4.79. The van der Waals surface area contributed by atoms with Crippen molar-refractivity contribution in [3.05, 3.63) is 35.9 Å². The van der Waals surface area contributed by atoms with E-state index in [9.17, 15) is 0 Å². The van der Waals surface area contributed by atoms with Gasteiger partial charge in [0.25, 0.3) is 0 Å². The summed E-state index contributed by atoms with van der Waals surface area (Å²) in [6.45, 7) is 6.08. The quantitative estimate of drug-likeness (QED) is 0.832. The Labute approximate surface area is 118 Å². The lowest BCUT2D eigenvalue weighted by Crippen LogP contribution is -2.35. The van der Waals surface area contributed by atoms with Gasteiger partial charge in [-0.3, -0.25) is 0 Å². The van der Waals surface area contributed by atoms with Crippen LogP contribution in [-0.4, -0.2) is 13.6 Å². The zero-order chi connectivity index (χ0) is 13.7. The highest BCUT2D eigenvalue weighted by Gasteiger charge is 2.33. The van der Waals surface area contributed by atoms with E-state index in [1.54, 1.807) is 0 Å². The topological polar surface area (TPSA) is 12.0 Å². The molecule has 1 aliphatic rings. The van der Waals surface area contributed by atoms with Crippen molar-refractivity contribution in [3.63, 3.8) is 0 Å². The molecule has 1 fully saturated rings. The molecule has 1 aliphatic carbocycles. The van der Waals surface area contributed by atoms with Gasteiger partial charge in [0, 0.05) is 0 Å². The molecule has 2 atom stereocenters. The number of aryl methyl sites for hydroxylation is 1. The third kappa shape index (κ3) is 4.35. The van der Waals surface area contributed by atoms with Crippen LogP contribution in [0.2, 0.25) is 0 Å². The average Bonchev–Trinajstić information content (AvgIpc) is 2.40. The Hall–Kier alpha value is -0.820. The van der Waals surface area contributed by atoms with Gasteiger partial charge in [-0.25, -0.2) is 0 Å². The molecule has 1 nitrogen and oxygen atoms in total. The lowest BCUT2D eigenvalue weighted by molar-refractivity contribution is 0.111. The molecule has 0 aliphatic heterocycles. The lowest BCUT2D eigenvalue weighted by atomic mass is 9.65. The van der Waals surface area contributed by atoms with Gasteiger partial charge < -0.3 is 5.32 Å². The summed E-state index contributed by atoms with van der Waals surface area (Å²) in [7, 11) is 2.09. The van der Waals surface area contributed by atoms with Crippen LogP contribution in [0, 0.1) is 17.3 Å². The van der Waals surface area contributed by atoms with Crippen LogP contribution >= 0.6 is 0 Å². The number of hydrogen-bond acceptors (Lipinski definition) is 1. The normalized spacial score (nSPS) is 26.3. The molecule has 106 valence electrons. The predicted octanol–water partition coefficient (Wildman–Crippen LogP) is 4.28. The second-order valence-corrected chi connectivity index (χ2v) is 7.01. The summed E-state index contributed by atoms with van der Waals surface area (Å²) < 4.78 is 0. The van der Waals surface area contributed by atoms with Crippen LogP contribution < -0.4 is 5.32 Å². The van der Waals surface area contributed by atoms with Crippen molar-refractivity contribution in [2.45, 2.75) is 46.0 Å². The SMILES string of the molecule is CNCC1CCC(C)(C)CC1CCc1ccccc1. The van der Waals surface area contributed by atoms with Crippen LogP contribution in [0.5, 0.6) is 0 Å². The Morgan fingerprint density at radius 3 is 2.58 bits per heavy atom. The molecule has 1 aromatic carbocycles. The summed E-state index contributed by atoms with van der Waals surface area (Å²) in [5, 5.41) is 3.39. The van der Waals surface area contributed by atoms with Crippen LogP contribution in [0.25, 0.3) is 0 Å². The van der Waals surface area contributed by atoms with Crippen LogP contribution in [0.15, 0.2) is 30.3 Å². The molecule has 1 saturated carbocycles. The minimum absolute atomic E-state index is 0.547. The molecule has 0 heterocycles. The highest BCUT2D eigenvalue weighted by Crippen LogP contribution is 2.43. The van der Waals surface area contributed by atoms with Gasteiger partial charge in [0.05, 0.1) is 0 Å². The number of nitrogens with one attached hydrogen (secondary N) is 1. The first-order valence-corrected chi connectivity index (χ1v) is 7.79. The highest BCUT2D eigenvalue weighted by atomic mass is 14.8. The molecule has 19 heavy (non-hydrogen) atoms. The first kappa shape index (κ1) is 14.6. The van der Waals surface area contributed by atoms with E-state index in [1.165, 1.54) is 44.2 Å². The predicted molar refractivity (Wildman–Crippen MR) is 83.3 cm³/mol. The van der Waals surface area contributed by atoms with E-state index < -0.39 is 0 Å². The van der Waals surface area contributed by atoms with Gasteiger partial charge in [-0.2, -0.15) is 0 Å². The van der Waals surface area contributed by atoms with Crippen LogP contribution in [0.3, 0.4) is 0 Å². The Morgan fingerprint density at radius 1 is 1.16 bits per heavy atom. The fraction of sp³-hybridized carbons (Fsp3) is 0.667. The summed E-state index contributed by atoms with van der Waals surface area (Å²) in [4.78, 5) is 0. The van der Waals surface area contributed by atoms with E-state index in [0.717, 1.165) is 11.8 Å².